The van der Waals surface area contributed by atoms with Gasteiger partial charge in [0.25, 0.3) is 0 Å². The van der Waals surface area contributed by atoms with E-state index in [0.29, 0.717) is 6.54 Å². The number of aryl methyl sites for hydroxylation is 1. The average Bonchev–Trinajstić information content (AvgIpc) is 2.46. The lowest BCUT2D eigenvalue weighted by atomic mass is 10.3. The Hall–Kier alpha value is -1.85. The van der Waals surface area contributed by atoms with Gasteiger partial charge in [0.05, 0.1) is 6.54 Å². The van der Waals surface area contributed by atoms with E-state index in [1.165, 1.54) is 0 Å². The molecule has 0 saturated heterocycles. The molecular weight excluding hydrogens is 254 g/mol. The Labute approximate surface area is 121 Å². The Morgan fingerprint density at radius 1 is 1.15 bits per heavy atom. The number of carbonyl (C=O) groups excluding carboxylic acids is 1. The lowest BCUT2D eigenvalue weighted by Crippen LogP contribution is -2.32. The van der Waals surface area contributed by atoms with Gasteiger partial charge in [0.15, 0.2) is 0 Å². The zero-order chi connectivity index (χ0) is 15.1. The number of nitrogens with zero attached hydrogens (tertiary/aromatic N) is 3. The second kappa shape index (κ2) is 7.67. The number of carbonyl (C=O) groups is 1. The van der Waals surface area contributed by atoms with Gasteiger partial charge in [-0.05, 0) is 20.8 Å². The van der Waals surface area contributed by atoms with Crippen molar-refractivity contribution in [1.29, 1.82) is 0 Å². The molecule has 0 fully saturated rings. The standard InChI is InChI=1S/C14H25N5O/c1-6-11-17-13(15-7-2)10(4)14(18-11)16-9-12(20)19(5)8-3/h6-9H2,1-5H3,(H2,15,16,17,18). The van der Waals surface area contributed by atoms with Crippen LogP contribution in [-0.2, 0) is 11.2 Å². The molecule has 1 heterocycles. The van der Waals surface area contributed by atoms with Gasteiger partial charge in [-0.2, -0.15) is 0 Å². The highest BCUT2D eigenvalue weighted by atomic mass is 16.2. The molecule has 0 bridgehead atoms. The molecule has 0 radical (unpaired) electrons. The predicted octanol–water partition coefficient (Wildman–Crippen LogP) is 1.67. The maximum atomic E-state index is 11.8. The van der Waals surface area contributed by atoms with E-state index in [4.69, 9.17) is 0 Å². The molecule has 2 N–H and O–H groups in total. The third kappa shape index (κ3) is 4.08. The van der Waals surface area contributed by atoms with Gasteiger partial charge in [0.2, 0.25) is 5.91 Å². The molecule has 0 spiro atoms. The zero-order valence-electron chi connectivity index (χ0n) is 13.1. The van der Waals surface area contributed by atoms with Crippen LogP contribution in [0.15, 0.2) is 0 Å². The van der Waals surface area contributed by atoms with Gasteiger partial charge in [-0.25, -0.2) is 9.97 Å². The molecule has 1 aromatic rings. The van der Waals surface area contributed by atoms with E-state index < -0.39 is 0 Å². The molecule has 0 atom stereocenters. The van der Waals surface area contributed by atoms with Crippen LogP contribution in [0.1, 0.15) is 32.2 Å². The zero-order valence-corrected chi connectivity index (χ0v) is 13.1. The largest absolute Gasteiger partial charge is 0.370 e. The van der Waals surface area contributed by atoms with E-state index in [1.54, 1.807) is 11.9 Å². The van der Waals surface area contributed by atoms with Crippen LogP contribution in [0, 0.1) is 6.92 Å². The number of nitrogens with one attached hydrogen (secondary N) is 2. The summed E-state index contributed by atoms with van der Waals surface area (Å²) in [6.07, 6.45) is 0.760. The fraction of sp³-hybridized carbons (Fsp3) is 0.643. The highest BCUT2D eigenvalue weighted by molar-refractivity contribution is 5.80. The Morgan fingerprint density at radius 2 is 1.75 bits per heavy atom. The molecule has 1 rings (SSSR count). The molecule has 0 aromatic carbocycles. The van der Waals surface area contributed by atoms with E-state index in [0.717, 1.165) is 36.0 Å². The van der Waals surface area contributed by atoms with Crippen LogP contribution in [0.3, 0.4) is 0 Å². The van der Waals surface area contributed by atoms with Crippen LogP contribution in [0.25, 0.3) is 0 Å². The Kier molecular flexibility index (Phi) is 6.21. The summed E-state index contributed by atoms with van der Waals surface area (Å²) in [5, 5.41) is 6.35. The number of rotatable bonds is 7. The predicted molar refractivity (Wildman–Crippen MR) is 82.1 cm³/mol. The van der Waals surface area contributed by atoms with Crippen molar-refractivity contribution < 1.29 is 4.79 Å². The van der Waals surface area contributed by atoms with Crippen molar-refractivity contribution >= 4 is 17.5 Å². The fourth-order valence-electron chi connectivity index (χ4n) is 1.70. The highest BCUT2D eigenvalue weighted by Crippen LogP contribution is 2.19. The van der Waals surface area contributed by atoms with Crippen LogP contribution in [0.2, 0.25) is 0 Å². The minimum absolute atomic E-state index is 0.0496. The van der Waals surface area contributed by atoms with Crippen LogP contribution in [0.4, 0.5) is 11.6 Å². The lowest BCUT2D eigenvalue weighted by molar-refractivity contribution is -0.127. The second-order valence-electron chi connectivity index (χ2n) is 4.61. The molecule has 1 aromatic heterocycles. The van der Waals surface area contributed by atoms with Crippen molar-refractivity contribution in [2.75, 3.05) is 37.3 Å². The SMILES string of the molecule is CCNc1nc(CC)nc(NCC(=O)N(C)CC)c1C. The first kappa shape index (κ1) is 16.2. The maximum Gasteiger partial charge on any atom is 0.241 e. The fourth-order valence-corrected chi connectivity index (χ4v) is 1.70. The summed E-state index contributed by atoms with van der Waals surface area (Å²) in [6.45, 7) is 9.70. The summed E-state index contributed by atoms with van der Waals surface area (Å²) in [5.41, 5.74) is 0.941. The van der Waals surface area contributed by atoms with Crippen molar-refractivity contribution in [2.45, 2.75) is 34.1 Å². The molecule has 0 aliphatic heterocycles. The summed E-state index contributed by atoms with van der Waals surface area (Å²) in [7, 11) is 1.79. The quantitative estimate of drug-likeness (QED) is 0.794. The summed E-state index contributed by atoms with van der Waals surface area (Å²) >= 11 is 0. The first-order valence-corrected chi connectivity index (χ1v) is 7.12. The molecule has 6 nitrogen and oxygen atoms in total. The number of amides is 1. The first-order valence-electron chi connectivity index (χ1n) is 7.12. The van der Waals surface area contributed by atoms with Crippen LogP contribution in [-0.4, -0.2) is 47.5 Å². The highest BCUT2D eigenvalue weighted by Gasteiger charge is 2.12. The minimum atomic E-state index is 0.0496. The second-order valence-corrected chi connectivity index (χ2v) is 4.61. The van der Waals surface area contributed by atoms with Crippen LogP contribution in [0.5, 0.6) is 0 Å². The van der Waals surface area contributed by atoms with Gasteiger partial charge >= 0.3 is 0 Å². The molecule has 6 heteroatoms. The number of anilines is 2. The van der Waals surface area contributed by atoms with E-state index in [2.05, 4.69) is 20.6 Å². The Bertz CT molecular complexity index is 461. The number of likely N-dealkylation sites (N-methyl/N-ethyl adjacent to an activating group) is 1. The van der Waals surface area contributed by atoms with Crippen molar-refractivity contribution in [2.24, 2.45) is 0 Å². The van der Waals surface area contributed by atoms with Crippen molar-refractivity contribution in [1.82, 2.24) is 14.9 Å². The van der Waals surface area contributed by atoms with Crippen LogP contribution < -0.4 is 10.6 Å². The normalized spacial score (nSPS) is 10.2. The Balaban J connectivity index is 2.88. The molecule has 0 aliphatic rings. The summed E-state index contributed by atoms with van der Waals surface area (Å²) < 4.78 is 0. The minimum Gasteiger partial charge on any atom is -0.370 e. The molecular formula is C14H25N5O. The first-order chi connectivity index (χ1) is 9.53. The van der Waals surface area contributed by atoms with E-state index in [9.17, 15) is 4.79 Å². The van der Waals surface area contributed by atoms with Gasteiger partial charge in [-0.3, -0.25) is 4.79 Å². The van der Waals surface area contributed by atoms with E-state index >= 15 is 0 Å². The molecule has 1 amide bonds. The third-order valence-corrected chi connectivity index (χ3v) is 3.16. The number of aromatic nitrogens is 2. The van der Waals surface area contributed by atoms with Crippen molar-refractivity contribution in [3.05, 3.63) is 11.4 Å². The van der Waals surface area contributed by atoms with Gasteiger partial charge in [-0.15, -0.1) is 0 Å². The van der Waals surface area contributed by atoms with Crippen LogP contribution >= 0.6 is 0 Å². The molecule has 0 unspecified atom stereocenters. The van der Waals surface area contributed by atoms with Gasteiger partial charge in [-0.1, -0.05) is 6.92 Å². The molecule has 20 heavy (non-hydrogen) atoms. The number of hydrogen-bond donors (Lipinski definition) is 2. The number of hydrogen-bond acceptors (Lipinski definition) is 5. The third-order valence-electron chi connectivity index (χ3n) is 3.16. The molecule has 112 valence electrons. The van der Waals surface area contributed by atoms with E-state index in [1.807, 2.05) is 27.7 Å². The van der Waals surface area contributed by atoms with E-state index in [-0.39, 0.29) is 12.5 Å². The smallest absolute Gasteiger partial charge is 0.241 e. The van der Waals surface area contributed by atoms with Gasteiger partial charge in [0, 0.05) is 32.1 Å². The van der Waals surface area contributed by atoms with Gasteiger partial charge in [0.1, 0.15) is 17.5 Å². The summed E-state index contributed by atoms with van der Waals surface area (Å²) in [4.78, 5) is 22.4. The Morgan fingerprint density at radius 3 is 2.25 bits per heavy atom. The monoisotopic (exact) mass is 279 g/mol. The summed E-state index contributed by atoms with van der Waals surface area (Å²) in [6, 6.07) is 0. The maximum absolute atomic E-state index is 11.8. The molecule has 0 saturated carbocycles. The van der Waals surface area contributed by atoms with Crippen molar-refractivity contribution in [3.63, 3.8) is 0 Å². The molecule has 0 aliphatic carbocycles. The van der Waals surface area contributed by atoms with Crippen molar-refractivity contribution in [3.8, 4) is 0 Å². The van der Waals surface area contributed by atoms with Gasteiger partial charge < -0.3 is 15.5 Å². The lowest BCUT2D eigenvalue weighted by Gasteiger charge is -2.17. The topological polar surface area (TPSA) is 70.1 Å². The average molecular weight is 279 g/mol. The summed E-state index contributed by atoms with van der Waals surface area (Å²) in [5.74, 6) is 2.38.